The summed E-state index contributed by atoms with van der Waals surface area (Å²) in [4.78, 5) is 35.1. The zero-order chi connectivity index (χ0) is 17.3. The van der Waals surface area contributed by atoms with Crippen LogP contribution in [0, 0.1) is 5.92 Å². The molecule has 0 aliphatic heterocycles. The number of carboxylic acid groups (broad SMARTS) is 1. The Morgan fingerprint density at radius 1 is 1.23 bits per heavy atom. The zero-order valence-corrected chi connectivity index (χ0v) is 14.0. The van der Waals surface area contributed by atoms with Crippen molar-refractivity contribution in [3.8, 4) is 0 Å². The van der Waals surface area contributed by atoms with E-state index in [2.05, 4.69) is 10.6 Å². The highest BCUT2D eigenvalue weighted by molar-refractivity contribution is 7.97. The lowest BCUT2D eigenvalue weighted by atomic mass is 9.98. The summed E-state index contributed by atoms with van der Waals surface area (Å²) in [5, 5.41) is 19.4. The maximum absolute atomic E-state index is 12.0. The van der Waals surface area contributed by atoms with E-state index in [9.17, 15) is 19.5 Å². The number of rotatable bonds is 10. The normalized spacial score (nSPS) is 15.0. The van der Waals surface area contributed by atoms with Crippen molar-refractivity contribution in [2.75, 3.05) is 6.54 Å². The van der Waals surface area contributed by atoms with Gasteiger partial charge in [0, 0.05) is 24.3 Å². The van der Waals surface area contributed by atoms with Crippen molar-refractivity contribution < 1.29 is 19.5 Å². The van der Waals surface area contributed by atoms with Crippen LogP contribution in [0.2, 0.25) is 0 Å². The van der Waals surface area contributed by atoms with E-state index in [1.807, 2.05) is 0 Å². The van der Waals surface area contributed by atoms with Crippen molar-refractivity contribution in [3.05, 3.63) is 0 Å². The summed E-state index contributed by atoms with van der Waals surface area (Å²) in [5.41, 5.74) is 5.48. The second-order valence-corrected chi connectivity index (χ2v) is 6.13. The number of carbonyl (C=O) groups is 3. The van der Waals surface area contributed by atoms with Gasteiger partial charge in [-0.3, -0.25) is 19.5 Å². The average Bonchev–Trinajstić information content (AvgIpc) is 2.43. The second-order valence-electron chi connectivity index (χ2n) is 5.25. The third kappa shape index (κ3) is 7.10. The molecule has 0 rings (SSSR count). The van der Waals surface area contributed by atoms with Crippen molar-refractivity contribution in [2.24, 2.45) is 16.8 Å². The van der Waals surface area contributed by atoms with Gasteiger partial charge in [0.15, 0.2) is 0 Å². The Hall–Kier alpha value is -1.32. The molecule has 0 aliphatic rings. The molecule has 3 unspecified atom stereocenters. The lowest BCUT2D eigenvalue weighted by Gasteiger charge is -2.22. The van der Waals surface area contributed by atoms with Crippen LogP contribution in [0.1, 0.15) is 33.6 Å². The fraction of sp³-hybridized carbons (Fsp3) is 0.769. The Labute approximate surface area is 134 Å². The summed E-state index contributed by atoms with van der Waals surface area (Å²) in [5.74, 6) is -2.92. The summed E-state index contributed by atoms with van der Waals surface area (Å²) >= 11 is 0.923. The van der Waals surface area contributed by atoms with Gasteiger partial charge < -0.3 is 21.5 Å². The average molecular weight is 334 g/mol. The molecule has 0 saturated carbocycles. The Bertz CT molecular complexity index is 388. The van der Waals surface area contributed by atoms with Gasteiger partial charge in [0.05, 0.1) is 5.92 Å². The van der Waals surface area contributed by atoms with Gasteiger partial charge in [-0.15, -0.1) is 0 Å². The first kappa shape index (κ1) is 20.7. The summed E-state index contributed by atoms with van der Waals surface area (Å²) < 4.78 is 0. The summed E-state index contributed by atoms with van der Waals surface area (Å²) in [6, 6.07) is -0.960. The lowest BCUT2D eigenvalue weighted by Crippen LogP contribution is -2.52. The molecule has 22 heavy (non-hydrogen) atoms. The highest BCUT2D eigenvalue weighted by Gasteiger charge is 2.30. The minimum atomic E-state index is -1.09. The number of aliphatic carboxylic acids is 1. The summed E-state index contributed by atoms with van der Waals surface area (Å²) in [6.07, 6.45) is 0.281. The van der Waals surface area contributed by atoms with E-state index < -0.39 is 29.7 Å². The van der Waals surface area contributed by atoms with Gasteiger partial charge in [-0.25, -0.2) is 0 Å². The molecule has 0 bridgehead atoms. The van der Waals surface area contributed by atoms with Crippen LogP contribution in [-0.4, -0.2) is 46.8 Å². The van der Waals surface area contributed by atoms with Gasteiger partial charge in [-0.1, -0.05) is 18.9 Å². The highest BCUT2D eigenvalue weighted by atomic mass is 32.2. The first-order valence-electron chi connectivity index (χ1n) is 7.14. The minimum absolute atomic E-state index is 0.0646. The van der Waals surface area contributed by atoms with Crippen molar-refractivity contribution in [1.29, 1.82) is 0 Å². The van der Waals surface area contributed by atoms with Crippen molar-refractivity contribution in [3.63, 3.8) is 0 Å². The largest absolute Gasteiger partial charge is 0.481 e. The van der Waals surface area contributed by atoms with Crippen LogP contribution in [0.5, 0.6) is 0 Å². The molecule has 0 aromatic carbocycles. The van der Waals surface area contributed by atoms with E-state index in [1.165, 1.54) is 0 Å². The highest BCUT2D eigenvalue weighted by Crippen LogP contribution is 2.22. The fourth-order valence-corrected chi connectivity index (χ4v) is 2.52. The fourth-order valence-electron chi connectivity index (χ4n) is 1.92. The summed E-state index contributed by atoms with van der Waals surface area (Å²) in [7, 11) is 0. The Balaban J connectivity index is 4.73. The van der Waals surface area contributed by atoms with Crippen LogP contribution in [0.25, 0.3) is 0 Å². The van der Waals surface area contributed by atoms with Crippen LogP contribution in [0.15, 0.2) is 0 Å². The van der Waals surface area contributed by atoms with Crippen molar-refractivity contribution in [1.82, 2.24) is 10.6 Å². The molecule has 0 heterocycles. The Morgan fingerprint density at radius 2 is 1.82 bits per heavy atom. The molecule has 0 aromatic rings. The molecule has 0 aromatic heterocycles. The zero-order valence-electron chi connectivity index (χ0n) is 13.2. The van der Waals surface area contributed by atoms with Crippen LogP contribution in [0.3, 0.4) is 0 Å². The predicted molar refractivity (Wildman–Crippen MR) is 85.9 cm³/mol. The van der Waals surface area contributed by atoms with E-state index in [4.69, 9.17) is 10.9 Å². The van der Waals surface area contributed by atoms with E-state index in [1.54, 1.807) is 20.8 Å². The molecule has 128 valence electrons. The maximum atomic E-state index is 12.0. The van der Waals surface area contributed by atoms with E-state index in [0.717, 1.165) is 11.9 Å². The molecule has 8 nitrogen and oxygen atoms in total. The van der Waals surface area contributed by atoms with Crippen LogP contribution in [0.4, 0.5) is 0 Å². The molecule has 7 N–H and O–H groups in total. The number of hydrogen-bond acceptors (Lipinski definition) is 6. The molecule has 0 fully saturated rings. The molecular formula is C13H26N4O4S. The first-order valence-corrected chi connectivity index (χ1v) is 8.09. The number of carbonyl (C=O) groups excluding carboxylic acids is 2. The second kappa shape index (κ2) is 10.4. The number of amides is 2. The van der Waals surface area contributed by atoms with Gasteiger partial charge in [-0.2, -0.15) is 0 Å². The maximum Gasteiger partial charge on any atom is 0.308 e. The van der Waals surface area contributed by atoms with Crippen molar-refractivity contribution >= 4 is 29.7 Å². The molecular weight excluding hydrogens is 308 g/mol. The van der Waals surface area contributed by atoms with Crippen LogP contribution < -0.4 is 21.5 Å². The van der Waals surface area contributed by atoms with Crippen molar-refractivity contribution in [2.45, 2.75) is 50.9 Å². The molecule has 9 heteroatoms. The van der Waals surface area contributed by atoms with Gasteiger partial charge >= 0.3 is 5.97 Å². The number of nitrogens with one attached hydrogen (secondary N) is 2. The quantitative estimate of drug-likeness (QED) is 0.336. The smallest absolute Gasteiger partial charge is 0.308 e. The van der Waals surface area contributed by atoms with Crippen LogP contribution >= 0.6 is 11.9 Å². The molecule has 0 saturated heterocycles. The molecule has 0 spiro atoms. The molecule has 0 aliphatic carbocycles. The topological polar surface area (TPSA) is 148 Å². The summed E-state index contributed by atoms with van der Waals surface area (Å²) in [6.45, 7) is 5.32. The minimum Gasteiger partial charge on any atom is -0.481 e. The first-order chi connectivity index (χ1) is 10.3. The Morgan fingerprint density at radius 3 is 2.18 bits per heavy atom. The van der Waals surface area contributed by atoms with E-state index >= 15 is 0 Å². The molecule has 3 atom stereocenters. The lowest BCUT2D eigenvalue weighted by molar-refractivity contribution is -0.144. The third-order valence-corrected chi connectivity index (χ3v) is 4.08. The Kier molecular flexibility index (Phi) is 9.79. The standard InChI is InChI=1S/C13H26N4O4S/c1-4-10(22-15)8(13(20)21)5-11(18)17-9(6-14)12(19)16-7(2)3/h7-10H,4-6,14-15H2,1-3H3,(H,16,19)(H,17,18)(H,20,21). The number of hydrogen-bond donors (Lipinski definition) is 5. The van der Waals surface area contributed by atoms with Gasteiger partial charge in [0.1, 0.15) is 6.04 Å². The predicted octanol–water partition coefficient (Wildman–Crippen LogP) is -0.569. The third-order valence-electron chi connectivity index (χ3n) is 3.07. The number of carboxylic acids is 1. The monoisotopic (exact) mass is 334 g/mol. The van der Waals surface area contributed by atoms with Gasteiger partial charge in [-0.05, 0) is 20.3 Å². The van der Waals surface area contributed by atoms with E-state index in [-0.39, 0.29) is 24.3 Å². The van der Waals surface area contributed by atoms with Gasteiger partial charge in [0.25, 0.3) is 0 Å². The molecule has 2 amide bonds. The number of nitrogens with two attached hydrogens (primary N) is 2. The van der Waals surface area contributed by atoms with Gasteiger partial charge in [0.2, 0.25) is 11.8 Å². The van der Waals surface area contributed by atoms with E-state index in [0.29, 0.717) is 6.42 Å². The van der Waals surface area contributed by atoms with Crippen LogP contribution in [-0.2, 0) is 14.4 Å². The SMILES string of the molecule is CCC(SN)C(CC(=O)NC(CN)C(=O)NC(C)C)C(=O)O. The molecule has 0 radical (unpaired) electrons.